The van der Waals surface area contributed by atoms with Crippen LogP contribution in [0.1, 0.15) is 26.7 Å². The van der Waals surface area contributed by atoms with Crippen molar-refractivity contribution in [2.24, 2.45) is 22.1 Å². The van der Waals surface area contributed by atoms with Crippen LogP contribution in [0.4, 0.5) is 17.1 Å². The second-order valence-corrected chi connectivity index (χ2v) is 16.6. The maximum absolute atomic E-state index is 12.9. The van der Waals surface area contributed by atoms with Crippen LogP contribution in [0.3, 0.4) is 0 Å². The minimum Gasteiger partial charge on any atom is -0.378 e. The van der Waals surface area contributed by atoms with Crippen LogP contribution in [0.25, 0.3) is 0 Å². The third-order valence-electron chi connectivity index (χ3n) is 7.10. The number of hydrogen-bond acceptors (Lipinski definition) is 11. The van der Waals surface area contributed by atoms with E-state index >= 15 is 0 Å². The first kappa shape index (κ1) is 35.1. The van der Waals surface area contributed by atoms with Gasteiger partial charge < -0.3 is 19.3 Å². The molecule has 2 aromatic rings. The summed E-state index contributed by atoms with van der Waals surface area (Å²) in [5, 5.41) is 8.35. The first-order valence-electron chi connectivity index (χ1n) is 13.7. The lowest BCUT2D eigenvalue weighted by molar-refractivity contribution is -0.0101. The molecule has 2 saturated heterocycles. The molecule has 2 heterocycles. The van der Waals surface area contributed by atoms with E-state index in [0.29, 0.717) is 17.3 Å². The van der Waals surface area contributed by atoms with E-state index in [-0.39, 0.29) is 38.2 Å². The lowest BCUT2D eigenvalue weighted by Crippen LogP contribution is -2.30. The highest BCUT2D eigenvalue weighted by Gasteiger charge is 2.42. The van der Waals surface area contributed by atoms with Crippen molar-refractivity contribution < 1.29 is 40.6 Å². The van der Waals surface area contributed by atoms with E-state index in [2.05, 4.69) is 46.7 Å². The fraction of sp³-hybridized carbons (Fsp3) is 0.556. The SMILES string of the molecule is CC(C)C1CC(I)OC1COP(=O)(O)OC1CC(I)OC1COS(=O)(=O)c1ccc(N=Nc2ccc(N(C)C)cc2)cc1. The summed E-state index contributed by atoms with van der Waals surface area (Å²) in [5.74, 6) is 0.519. The number of halogens is 2. The Labute approximate surface area is 279 Å². The molecule has 0 spiro atoms. The molecule has 0 radical (unpaired) electrons. The van der Waals surface area contributed by atoms with Gasteiger partial charge in [0.1, 0.15) is 20.4 Å². The van der Waals surface area contributed by atoms with Crippen molar-refractivity contribution in [2.75, 3.05) is 32.2 Å². The van der Waals surface area contributed by atoms with Gasteiger partial charge in [-0.2, -0.15) is 18.6 Å². The molecule has 7 unspecified atom stereocenters. The molecule has 16 heteroatoms. The fourth-order valence-corrected chi connectivity index (χ4v) is 8.43. The van der Waals surface area contributed by atoms with Crippen molar-refractivity contribution in [2.45, 2.75) is 58.1 Å². The van der Waals surface area contributed by atoms with Gasteiger partial charge >= 0.3 is 7.82 Å². The molecular formula is C27H36I2N3O9PS. The van der Waals surface area contributed by atoms with Gasteiger partial charge in [0.25, 0.3) is 10.1 Å². The molecule has 4 rings (SSSR count). The van der Waals surface area contributed by atoms with Crippen LogP contribution in [0.5, 0.6) is 0 Å². The normalized spacial score (nSPS) is 27.6. The molecule has 2 aliphatic rings. The van der Waals surface area contributed by atoms with Gasteiger partial charge in [0, 0.05) is 26.2 Å². The van der Waals surface area contributed by atoms with Crippen LogP contribution in [-0.4, -0.2) is 67.2 Å². The van der Waals surface area contributed by atoms with Crippen LogP contribution in [-0.2, 0) is 37.4 Å². The minimum absolute atomic E-state index is 0.0101. The molecule has 2 aliphatic heterocycles. The zero-order valence-electron chi connectivity index (χ0n) is 24.2. The predicted molar refractivity (Wildman–Crippen MR) is 178 cm³/mol. The standard InChI is InChI=1S/C27H36I2N3O9PS/c1-17(2)22-13-26(28)39-24(22)15-37-42(33,34)41-23-14-27(29)40-25(23)16-38-43(35,36)21-11-7-19(8-12-21)31-30-18-5-9-20(10-6-18)32(3)4/h5-12,17,22-27H,13-16H2,1-4H3,(H,33,34). The summed E-state index contributed by atoms with van der Waals surface area (Å²) < 4.78 is 65.8. The van der Waals surface area contributed by atoms with Crippen LogP contribution in [0.15, 0.2) is 63.7 Å². The molecule has 0 amide bonds. The van der Waals surface area contributed by atoms with Gasteiger partial charge in [-0.3, -0.25) is 13.2 Å². The number of phosphoric ester groups is 1. The monoisotopic (exact) mass is 863 g/mol. The molecule has 0 bridgehead atoms. The number of phosphoric acid groups is 1. The van der Waals surface area contributed by atoms with Crippen molar-refractivity contribution in [3.63, 3.8) is 0 Å². The lowest BCUT2D eigenvalue weighted by Gasteiger charge is -2.24. The molecule has 1 N–H and O–H groups in total. The van der Waals surface area contributed by atoms with E-state index in [9.17, 15) is 17.9 Å². The number of azo groups is 1. The van der Waals surface area contributed by atoms with Crippen LogP contribution >= 0.6 is 53.0 Å². The highest BCUT2D eigenvalue weighted by molar-refractivity contribution is 14.1. The van der Waals surface area contributed by atoms with Crippen molar-refractivity contribution in [3.05, 3.63) is 48.5 Å². The second-order valence-electron chi connectivity index (χ2n) is 10.8. The van der Waals surface area contributed by atoms with Gasteiger partial charge in [-0.05, 0) is 66.8 Å². The smallest absolute Gasteiger partial charge is 0.378 e. The molecule has 0 aliphatic carbocycles. The maximum atomic E-state index is 12.9. The summed E-state index contributed by atoms with van der Waals surface area (Å²) in [6.45, 7) is 3.65. The Balaban J connectivity index is 1.31. The minimum atomic E-state index is -4.49. The summed E-state index contributed by atoms with van der Waals surface area (Å²) >= 11 is 4.21. The number of nitrogens with zero attached hydrogens (tertiary/aromatic N) is 3. The Morgan fingerprint density at radius 2 is 1.51 bits per heavy atom. The molecule has 0 aromatic heterocycles. The molecule has 7 atom stereocenters. The number of anilines is 1. The van der Waals surface area contributed by atoms with E-state index in [1.165, 1.54) is 24.3 Å². The number of ether oxygens (including phenoxy) is 2. The van der Waals surface area contributed by atoms with E-state index in [0.717, 1.165) is 12.1 Å². The third-order valence-corrected chi connectivity index (χ3v) is 11.0. The second kappa shape index (κ2) is 15.2. The van der Waals surface area contributed by atoms with Gasteiger partial charge in [-0.25, -0.2) is 4.57 Å². The zero-order valence-corrected chi connectivity index (χ0v) is 30.2. The summed E-state index contributed by atoms with van der Waals surface area (Å²) in [4.78, 5) is 12.3. The first-order valence-corrected chi connectivity index (χ1v) is 19.1. The Bertz CT molecular complexity index is 1400. The quantitative estimate of drug-likeness (QED) is 0.0755. The molecule has 238 valence electrons. The third kappa shape index (κ3) is 10.1. The summed E-state index contributed by atoms with van der Waals surface area (Å²) in [6.07, 6.45) is -1.05. The Kier molecular flexibility index (Phi) is 12.4. The number of benzene rings is 2. The highest BCUT2D eigenvalue weighted by Crippen LogP contribution is 2.49. The van der Waals surface area contributed by atoms with E-state index in [1.54, 1.807) is 0 Å². The van der Waals surface area contributed by atoms with E-state index in [4.69, 9.17) is 22.7 Å². The van der Waals surface area contributed by atoms with Crippen LogP contribution in [0.2, 0.25) is 0 Å². The molecule has 12 nitrogen and oxygen atoms in total. The molecule has 43 heavy (non-hydrogen) atoms. The lowest BCUT2D eigenvalue weighted by atomic mass is 9.90. The number of alkyl halides is 2. The van der Waals surface area contributed by atoms with Gasteiger partial charge in [0.2, 0.25) is 0 Å². The maximum Gasteiger partial charge on any atom is 0.472 e. The molecule has 0 saturated carbocycles. The summed E-state index contributed by atoms with van der Waals surface area (Å²) in [6, 6.07) is 13.3. The summed E-state index contributed by atoms with van der Waals surface area (Å²) in [7, 11) is -4.76. The Hall–Kier alpha value is -0.760. The number of hydrogen-bond donors (Lipinski definition) is 1. The zero-order chi connectivity index (χ0) is 31.4. The molecule has 2 fully saturated rings. The van der Waals surface area contributed by atoms with E-state index < -0.39 is 36.8 Å². The average Bonchev–Trinajstić information content (AvgIpc) is 3.50. The van der Waals surface area contributed by atoms with Crippen molar-refractivity contribution >= 4 is 80.2 Å². The fourth-order valence-electron chi connectivity index (χ4n) is 4.71. The average molecular weight is 863 g/mol. The van der Waals surface area contributed by atoms with Crippen molar-refractivity contribution in [3.8, 4) is 0 Å². The van der Waals surface area contributed by atoms with Crippen molar-refractivity contribution in [1.29, 1.82) is 0 Å². The van der Waals surface area contributed by atoms with Crippen LogP contribution in [0, 0.1) is 11.8 Å². The van der Waals surface area contributed by atoms with E-state index in [1.807, 2.05) is 65.9 Å². The highest BCUT2D eigenvalue weighted by atomic mass is 127. The topological polar surface area (TPSA) is 146 Å². The van der Waals surface area contributed by atoms with Gasteiger partial charge in [0.05, 0.1) is 35.6 Å². The van der Waals surface area contributed by atoms with Crippen molar-refractivity contribution in [1.82, 2.24) is 0 Å². The van der Waals surface area contributed by atoms with Gasteiger partial charge in [-0.1, -0.05) is 59.0 Å². The predicted octanol–water partition coefficient (Wildman–Crippen LogP) is 6.75. The number of rotatable bonds is 13. The largest absolute Gasteiger partial charge is 0.472 e. The molecule has 2 aromatic carbocycles. The van der Waals surface area contributed by atoms with Gasteiger partial charge in [0.15, 0.2) is 0 Å². The summed E-state index contributed by atoms with van der Waals surface area (Å²) in [5.41, 5.74) is 2.16. The molecular weight excluding hydrogens is 827 g/mol. The first-order chi connectivity index (χ1) is 20.2. The van der Waals surface area contributed by atoms with Crippen LogP contribution < -0.4 is 4.90 Å². The van der Waals surface area contributed by atoms with Gasteiger partial charge in [-0.15, -0.1) is 0 Å². The Morgan fingerprint density at radius 1 is 0.953 bits per heavy atom. The Morgan fingerprint density at radius 3 is 2.09 bits per heavy atom.